The zero-order valence-corrected chi connectivity index (χ0v) is 11.9. The summed E-state index contributed by atoms with van der Waals surface area (Å²) >= 11 is 0. The van der Waals surface area contributed by atoms with Crippen LogP contribution in [0, 0.1) is 5.92 Å². The number of allylic oxidation sites excluding steroid dienone is 3. The Bertz CT molecular complexity index is 454. The molecular formula is C16H22O3. The molecule has 1 atom stereocenters. The summed E-state index contributed by atoms with van der Waals surface area (Å²) in [5.41, 5.74) is 1.69. The van der Waals surface area contributed by atoms with Gasteiger partial charge in [-0.15, -0.1) is 0 Å². The molecule has 19 heavy (non-hydrogen) atoms. The second-order valence-electron chi connectivity index (χ2n) is 4.83. The van der Waals surface area contributed by atoms with Crippen molar-refractivity contribution in [2.75, 3.05) is 7.11 Å². The number of methoxy groups -OCH3 is 1. The molecule has 0 bridgehead atoms. The summed E-state index contributed by atoms with van der Waals surface area (Å²) in [6, 6.07) is 1.76. The van der Waals surface area contributed by atoms with Gasteiger partial charge in [0.25, 0.3) is 0 Å². The predicted octanol–water partition coefficient (Wildman–Crippen LogP) is 4.16. The number of esters is 1. The zero-order chi connectivity index (χ0) is 14.3. The molecule has 0 aliphatic heterocycles. The molecule has 0 saturated heterocycles. The van der Waals surface area contributed by atoms with Gasteiger partial charge in [0.2, 0.25) is 0 Å². The molecule has 0 N–H and O–H groups in total. The Kier molecular flexibility index (Phi) is 6.13. The van der Waals surface area contributed by atoms with E-state index >= 15 is 0 Å². The molecule has 1 aromatic rings. The Labute approximate surface area is 115 Å². The lowest BCUT2D eigenvalue weighted by atomic mass is 9.99. The summed E-state index contributed by atoms with van der Waals surface area (Å²) in [5.74, 6) is 0.982. The number of furan rings is 1. The van der Waals surface area contributed by atoms with Crippen LogP contribution in [0.4, 0.5) is 0 Å². The van der Waals surface area contributed by atoms with E-state index in [4.69, 9.17) is 4.42 Å². The van der Waals surface area contributed by atoms with Crippen LogP contribution >= 0.6 is 0 Å². The number of carbonyl (C=O) groups excluding carboxylic acids is 1. The molecule has 3 heteroatoms. The minimum absolute atomic E-state index is 0.354. The van der Waals surface area contributed by atoms with E-state index in [1.807, 2.05) is 13.0 Å². The standard InChI is InChI=1S/C16H22O3/c1-5-12(2)7-6-8-13(3)9-15-10-14(11-19-15)16(17)18-4/h5,7,10-11,13H,1,6,8-9H2,2-4H3/b12-7+/t13-/m0/s1. The molecule has 0 saturated carbocycles. The van der Waals surface area contributed by atoms with Crippen LogP contribution in [0.25, 0.3) is 0 Å². The lowest BCUT2D eigenvalue weighted by Crippen LogP contribution is -2.00. The lowest BCUT2D eigenvalue weighted by molar-refractivity contribution is 0.0600. The van der Waals surface area contributed by atoms with Crippen LogP contribution < -0.4 is 0 Å². The highest BCUT2D eigenvalue weighted by atomic mass is 16.5. The van der Waals surface area contributed by atoms with Crippen LogP contribution in [-0.4, -0.2) is 13.1 Å². The third kappa shape index (κ3) is 5.16. The monoisotopic (exact) mass is 262 g/mol. The average molecular weight is 262 g/mol. The van der Waals surface area contributed by atoms with Gasteiger partial charge in [0, 0.05) is 6.42 Å². The SMILES string of the molecule is C=C/C(C)=C/CC[C@H](C)Cc1cc(C(=O)OC)co1. The van der Waals surface area contributed by atoms with Crippen molar-refractivity contribution in [1.29, 1.82) is 0 Å². The molecule has 0 fully saturated rings. The van der Waals surface area contributed by atoms with Gasteiger partial charge in [0.15, 0.2) is 0 Å². The van der Waals surface area contributed by atoms with Gasteiger partial charge in [-0.2, -0.15) is 0 Å². The Morgan fingerprint density at radius 3 is 2.95 bits per heavy atom. The molecule has 3 nitrogen and oxygen atoms in total. The Balaban J connectivity index is 2.44. The van der Waals surface area contributed by atoms with E-state index in [-0.39, 0.29) is 5.97 Å². The van der Waals surface area contributed by atoms with Crippen molar-refractivity contribution in [3.8, 4) is 0 Å². The van der Waals surface area contributed by atoms with Crippen LogP contribution in [0.15, 0.2) is 41.1 Å². The summed E-state index contributed by atoms with van der Waals surface area (Å²) in [5, 5.41) is 0. The average Bonchev–Trinajstić information content (AvgIpc) is 2.85. The molecule has 0 spiro atoms. The number of ether oxygens (including phenoxy) is 1. The Hall–Kier alpha value is -1.77. The van der Waals surface area contributed by atoms with Gasteiger partial charge in [-0.1, -0.05) is 31.2 Å². The van der Waals surface area contributed by atoms with E-state index in [0.717, 1.165) is 25.0 Å². The van der Waals surface area contributed by atoms with Crippen molar-refractivity contribution in [3.05, 3.63) is 48.0 Å². The van der Waals surface area contributed by atoms with E-state index in [1.165, 1.54) is 18.9 Å². The quantitative estimate of drug-likeness (QED) is 0.547. The van der Waals surface area contributed by atoms with E-state index in [2.05, 4.69) is 24.3 Å². The first-order chi connectivity index (χ1) is 9.06. The Morgan fingerprint density at radius 2 is 2.32 bits per heavy atom. The maximum absolute atomic E-state index is 11.3. The van der Waals surface area contributed by atoms with Crippen molar-refractivity contribution in [3.63, 3.8) is 0 Å². The highest BCUT2D eigenvalue weighted by Crippen LogP contribution is 2.17. The summed E-state index contributed by atoms with van der Waals surface area (Å²) in [7, 11) is 1.37. The smallest absolute Gasteiger partial charge is 0.341 e. The van der Waals surface area contributed by atoms with Crippen molar-refractivity contribution < 1.29 is 13.9 Å². The second-order valence-corrected chi connectivity index (χ2v) is 4.83. The molecule has 1 aromatic heterocycles. The van der Waals surface area contributed by atoms with Gasteiger partial charge in [0.05, 0.1) is 12.7 Å². The third-order valence-electron chi connectivity index (χ3n) is 3.07. The Morgan fingerprint density at radius 1 is 1.58 bits per heavy atom. The van der Waals surface area contributed by atoms with E-state index < -0.39 is 0 Å². The molecule has 0 aromatic carbocycles. The first-order valence-corrected chi connectivity index (χ1v) is 6.51. The third-order valence-corrected chi connectivity index (χ3v) is 3.07. The molecule has 0 amide bonds. The molecule has 0 unspecified atom stereocenters. The van der Waals surface area contributed by atoms with Crippen LogP contribution in [0.5, 0.6) is 0 Å². The normalized spacial score (nSPS) is 13.1. The summed E-state index contributed by atoms with van der Waals surface area (Å²) in [6.07, 6.45) is 8.45. The number of hydrogen-bond donors (Lipinski definition) is 0. The maximum Gasteiger partial charge on any atom is 0.341 e. The molecule has 104 valence electrons. The van der Waals surface area contributed by atoms with Gasteiger partial charge < -0.3 is 9.15 Å². The minimum Gasteiger partial charge on any atom is -0.468 e. The second kappa shape index (κ2) is 7.62. The topological polar surface area (TPSA) is 39.4 Å². The highest BCUT2D eigenvalue weighted by molar-refractivity contribution is 5.88. The minimum atomic E-state index is -0.354. The van der Waals surface area contributed by atoms with Crippen molar-refractivity contribution in [2.45, 2.75) is 33.1 Å². The zero-order valence-electron chi connectivity index (χ0n) is 11.9. The molecule has 1 heterocycles. The summed E-state index contributed by atoms with van der Waals surface area (Å²) in [4.78, 5) is 11.3. The number of carbonyl (C=O) groups is 1. The van der Waals surface area contributed by atoms with E-state index in [9.17, 15) is 4.79 Å². The molecule has 0 radical (unpaired) electrons. The largest absolute Gasteiger partial charge is 0.468 e. The fourth-order valence-electron chi connectivity index (χ4n) is 1.84. The fraction of sp³-hybridized carbons (Fsp3) is 0.438. The first-order valence-electron chi connectivity index (χ1n) is 6.51. The van der Waals surface area contributed by atoms with Crippen LogP contribution in [0.2, 0.25) is 0 Å². The molecule has 0 aliphatic rings. The van der Waals surface area contributed by atoms with Gasteiger partial charge in [0.1, 0.15) is 12.0 Å². The summed E-state index contributed by atoms with van der Waals surface area (Å²) < 4.78 is 10.0. The highest BCUT2D eigenvalue weighted by Gasteiger charge is 2.12. The van der Waals surface area contributed by atoms with Crippen molar-refractivity contribution in [1.82, 2.24) is 0 Å². The summed E-state index contributed by atoms with van der Waals surface area (Å²) in [6.45, 7) is 7.95. The van der Waals surface area contributed by atoms with Gasteiger partial charge in [-0.05, 0) is 31.7 Å². The van der Waals surface area contributed by atoms with Crippen molar-refractivity contribution >= 4 is 5.97 Å². The molecular weight excluding hydrogens is 240 g/mol. The van der Waals surface area contributed by atoms with Crippen molar-refractivity contribution in [2.24, 2.45) is 5.92 Å². The van der Waals surface area contributed by atoms with Gasteiger partial charge in [-0.3, -0.25) is 0 Å². The van der Waals surface area contributed by atoms with Crippen LogP contribution in [-0.2, 0) is 11.2 Å². The van der Waals surface area contributed by atoms with Crippen LogP contribution in [0.3, 0.4) is 0 Å². The molecule has 0 aliphatic carbocycles. The van der Waals surface area contributed by atoms with E-state index in [1.54, 1.807) is 6.07 Å². The van der Waals surface area contributed by atoms with Gasteiger partial charge in [-0.25, -0.2) is 4.79 Å². The maximum atomic E-state index is 11.3. The fourth-order valence-corrected chi connectivity index (χ4v) is 1.84. The molecule has 1 rings (SSSR count). The number of hydrogen-bond acceptors (Lipinski definition) is 3. The lowest BCUT2D eigenvalue weighted by Gasteiger charge is -2.07. The predicted molar refractivity (Wildman–Crippen MR) is 76.1 cm³/mol. The van der Waals surface area contributed by atoms with E-state index in [0.29, 0.717) is 11.5 Å². The first kappa shape index (κ1) is 15.3. The number of rotatable bonds is 7. The van der Waals surface area contributed by atoms with Crippen LogP contribution in [0.1, 0.15) is 42.8 Å². The van der Waals surface area contributed by atoms with Gasteiger partial charge >= 0.3 is 5.97 Å².